The monoisotopic (exact) mass is 195 g/mol. The quantitative estimate of drug-likeness (QED) is 0.799. The van der Waals surface area contributed by atoms with Crippen molar-refractivity contribution < 1.29 is 9.52 Å². The van der Waals surface area contributed by atoms with E-state index in [0.717, 1.165) is 21.4 Å². The van der Waals surface area contributed by atoms with Gasteiger partial charge in [-0.05, 0) is 19.1 Å². The Labute approximate surface area is 79.7 Å². The molecule has 68 valence electrons. The Morgan fingerprint density at radius 2 is 2.38 bits per heavy atom. The van der Waals surface area contributed by atoms with Crippen LogP contribution >= 0.6 is 11.3 Å². The maximum Gasteiger partial charge on any atom is 0.162 e. The predicted molar refractivity (Wildman–Crippen MR) is 50.5 cm³/mol. The number of thiazole rings is 1. The van der Waals surface area contributed by atoms with Crippen LogP contribution in [0, 0.1) is 6.92 Å². The average molecular weight is 195 g/mol. The van der Waals surface area contributed by atoms with Crippen molar-refractivity contribution in [2.75, 3.05) is 0 Å². The Kier molecular flexibility index (Phi) is 2.16. The first-order valence-corrected chi connectivity index (χ1v) is 4.73. The summed E-state index contributed by atoms with van der Waals surface area (Å²) in [4.78, 5) is 4.99. The third-order valence-electron chi connectivity index (χ3n) is 1.66. The molecule has 0 radical (unpaired) electrons. The molecule has 2 heterocycles. The number of furan rings is 1. The Morgan fingerprint density at radius 1 is 1.54 bits per heavy atom. The summed E-state index contributed by atoms with van der Waals surface area (Å²) in [6.45, 7) is 1.93. The minimum Gasteiger partial charge on any atom is -0.459 e. The molecule has 0 fully saturated rings. The molecular formula is C9H9NO2S. The van der Waals surface area contributed by atoms with Crippen molar-refractivity contribution in [3.8, 4) is 10.8 Å². The molecule has 0 saturated heterocycles. The maximum atomic E-state index is 8.84. The minimum absolute atomic E-state index is 0.0390. The van der Waals surface area contributed by atoms with Gasteiger partial charge in [0.1, 0.15) is 5.76 Å². The molecule has 0 spiro atoms. The minimum atomic E-state index is 0.0390. The number of aromatic nitrogens is 1. The van der Waals surface area contributed by atoms with Gasteiger partial charge in [0.2, 0.25) is 0 Å². The van der Waals surface area contributed by atoms with E-state index in [1.165, 1.54) is 11.3 Å². The number of hydrogen-bond acceptors (Lipinski definition) is 4. The van der Waals surface area contributed by atoms with Crippen molar-refractivity contribution in [2.24, 2.45) is 0 Å². The molecule has 0 aliphatic rings. The standard InChI is InChI=1S/C9H9NO2S/c1-6-2-3-8(12-6)9-10-4-7(5-11)13-9/h2-4,11H,5H2,1H3. The highest BCUT2D eigenvalue weighted by molar-refractivity contribution is 7.14. The fraction of sp³-hybridized carbons (Fsp3) is 0.222. The van der Waals surface area contributed by atoms with Crippen LogP contribution in [-0.2, 0) is 6.61 Å². The van der Waals surface area contributed by atoms with E-state index in [1.54, 1.807) is 6.20 Å². The molecule has 2 aromatic rings. The number of aliphatic hydroxyl groups is 1. The Balaban J connectivity index is 2.35. The van der Waals surface area contributed by atoms with Gasteiger partial charge in [-0.25, -0.2) is 4.98 Å². The molecule has 2 rings (SSSR count). The van der Waals surface area contributed by atoms with Crippen LogP contribution in [0.15, 0.2) is 22.7 Å². The van der Waals surface area contributed by atoms with Crippen LogP contribution in [0.25, 0.3) is 10.8 Å². The fourth-order valence-corrected chi connectivity index (χ4v) is 1.78. The Hall–Kier alpha value is -1.13. The van der Waals surface area contributed by atoms with Crippen LogP contribution in [0.5, 0.6) is 0 Å². The van der Waals surface area contributed by atoms with Crippen LogP contribution < -0.4 is 0 Å². The van der Waals surface area contributed by atoms with Crippen molar-refractivity contribution >= 4 is 11.3 Å². The third kappa shape index (κ3) is 1.64. The van der Waals surface area contributed by atoms with E-state index in [9.17, 15) is 0 Å². The summed E-state index contributed by atoms with van der Waals surface area (Å²) in [6.07, 6.45) is 1.66. The molecule has 0 saturated carbocycles. The number of aliphatic hydroxyl groups excluding tert-OH is 1. The highest BCUT2D eigenvalue weighted by Crippen LogP contribution is 2.26. The molecule has 0 unspecified atom stereocenters. The number of hydrogen-bond donors (Lipinski definition) is 1. The number of nitrogens with zero attached hydrogens (tertiary/aromatic N) is 1. The fourth-order valence-electron chi connectivity index (χ4n) is 1.04. The Bertz CT molecular complexity index is 405. The largest absolute Gasteiger partial charge is 0.459 e. The molecule has 0 aliphatic heterocycles. The molecule has 0 aromatic carbocycles. The normalized spacial score (nSPS) is 10.6. The van der Waals surface area contributed by atoms with Gasteiger partial charge in [-0.1, -0.05) is 0 Å². The highest BCUT2D eigenvalue weighted by Gasteiger charge is 2.07. The van der Waals surface area contributed by atoms with E-state index in [1.807, 2.05) is 19.1 Å². The smallest absolute Gasteiger partial charge is 0.162 e. The van der Waals surface area contributed by atoms with Gasteiger partial charge < -0.3 is 9.52 Å². The molecule has 0 atom stereocenters. The molecule has 2 aromatic heterocycles. The van der Waals surface area contributed by atoms with E-state index in [0.29, 0.717) is 0 Å². The number of aryl methyl sites for hydroxylation is 1. The summed E-state index contributed by atoms with van der Waals surface area (Å²) in [7, 11) is 0. The van der Waals surface area contributed by atoms with Gasteiger partial charge >= 0.3 is 0 Å². The molecule has 0 aliphatic carbocycles. The summed E-state index contributed by atoms with van der Waals surface area (Å²) in [5.74, 6) is 1.64. The lowest BCUT2D eigenvalue weighted by Crippen LogP contribution is -1.70. The molecule has 0 amide bonds. The second kappa shape index (κ2) is 3.32. The summed E-state index contributed by atoms with van der Waals surface area (Å²) in [5, 5.41) is 9.66. The van der Waals surface area contributed by atoms with Crippen molar-refractivity contribution in [2.45, 2.75) is 13.5 Å². The number of rotatable bonds is 2. The van der Waals surface area contributed by atoms with Crippen molar-refractivity contribution in [3.63, 3.8) is 0 Å². The third-order valence-corrected chi connectivity index (χ3v) is 2.66. The molecular weight excluding hydrogens is 186 g/mol. The van der Waals surface area contributed by atoms with Crippen molar-refractivity contribution in [1.82, 2.24) is 4.98 Å². The van der Waals surface area contributed by atoms with Crippen LogP contribution in [0.1, 0.15) is 10.6 Å². The van der Waals surface area contributed by atoms with Crippen LogP contribution in [0.2, 0.25) is 0 Å². The van der Waals surface area contributed by atoms with E-state index in [4.69, 9.17) is 9.52 Å². The Morgan fingerprint density at radius 3 is 2.92 bits per heavy atom. The second-order valence-corrected chi connectivity index (χ2v) is 3.82. The van der Waals surface area contributed by atoms with E-state index in [-0.39, 0.29) is 6.61 Å². The molecule has 3 nitrogen and oxygen atoms in total. The zero-order valence-corrected chi connectivity index (χ0v) is 7.97. The lowest BCUT2D eigenvalue weighted by Gasteiger charge is -1.87. The van der Waals surface area contributed by atoms with Gasteiger partial charge in [0.05, 0.1) is 11.5 Å². The van der Waals surface area contributed by atoms with Gasteiger partial charge in [0.25, 0.3) is 0 Å². The van der Waals surface area contributed by atoms with Gasteiger partial charge in [-0.3, -0.25) is 0 Å². The zero-order chi connectivity index (χ0) is 9.26. The second-order valence-electron chi connectivity index (χ2n) is 2.70. The molecule has 0 bridgehead atoms. The SMILES string of the molecule is Cc1ccc(-c2ncc(CO)s2)o1. The van der Waals surface area contributed by atoms with Gasteiger partial charge in [-0.15, -0.1) is 11.3 Å². The van der Waals surface area contributed by atoms with E-state index >= 15 is 0 Å². The first kappa shape index (κ1) is 8.47. The van der Waals surface area contributed by atoms with Gasteiger partial charge in [0.15, 0.2) is 10.8 Å². The molecule has 1 N–H and O–H groups in total. The highest BCUT2D eigenvalue weighted by atomic mass is 32.1. The molecule has 4 heteroatoms. The summed E-state index contributed by atoms with van der Waals surface area (Å²) < 4.78 is 5.39. The molecule has 13 heavy (non-hydrogen) atoms. The lowest BCUT2D eigenvalue weighted by molar-refractivity contribution is 0.285. The van der Waals surface area contributed by atoms with Crippen LogP contribution in [0.4, 0.5) is 0 Å². The van der Waals surface area contributed by atoms with E-state index < -0.39 is 0 Å². The summed E-state index contributed by atoms with van der Waals surface area (Å²) >= 11 is 1.44. The van der Waals surface area contributed by atoms with Crippen LogP contribution in [0.3, 0.4) is 0 Å². The van der Waals surface area contributed by atoms with Gasteiger partial charge in [0, 0.05) is 6.20 Å². The van der Waals surface area contributed by atoms with Gasteiger partial charge in [-0.2, -0.15) is 0 Å². The van der Waals surface area contributed by atoms with Crippen molar-refractivity contribution in [3.05, 3.63) is 29.0 Å². The zero-order valence-electron chi connectivity index (χ0n) is 7.15. The summed E-state index contributed by atoms with van der Waals surface area (Å²) in [6, 6.07) is 3.78. The lowest BCUT2D eigenvalue weighted by atomic mass is 10.4. The maximum absolute atomic E-state index is 8.84. The predicted octanol–water partition coefficient (Wildman–Crippen LogP) is 2.20. The average Bonchev–Trinajstić information content (AvgIpc) is 2.71. The van der Waals surface area contributed by atoms with Crippen molar-refractivity contribution in [1.29, 1.82) is 0 Å². The van der Waals surface area contributed by atoms with E-state index in [2.05, 4.69) is 4.98 Å². The first-order valence-electron chi connectivity index (χ1n) is 3.92. The topological polar surface area (TPSA) is 46.3 Å². The first-order chi connectivity index (χ1) is 6.29. The van der Waals surface area contributed by atoms with Crippen LogP contribution in [-0.4, -0.2) is 10.1 Å². The summed E-state index contributed by atoms with van der Waals surface area (Å²) in [5.41, 5.74) is 0.